The van der Waals surface area contributed by atoms with E-state index in [2.05, 4.69) is 4.98 Å². The minimum atomic E-state index is -0.195. The lowest BCUT2D eigenvalue weighted by atomic mass is 10.0. The molecule has 0 aliphatic carbocycles. The number of pyridine rings is 1. The minimum absolute atomic E-state index is 0.101. The van der Waals surface area contributed by atoms with Crippen LogP contribution in [0, 0.1) is 0 Å². The first-order valence-electron chi connectivity index (χ1n) is 9.37. The van der Waals surface area contributed by atoms with E-state index in [4.69, 9.17) is 15.2 Å². The molecule has 5 N–H and O–H groups in total. The van der Waals surface area contributed by atoms with E-state index < -0.39 is 0 Å². The number of nitrogens with two attached hydrogens (primary N) is 2. The molecule has 5 rings (SSSR count). The molecule has 0 radical (unpaired) electrons. The Hall–Kier alpha value is -3.20. The van der Waals surface area contributed by atoms with Gasteiger partial charge in [-0.25, -0.2) is 10.2 Å². The minimum Gasteiger partial charge on any atom is -0.490 e. The summed E-state index contributed by atoms with van der Waals surface area (Å²) in [5.41, 5.74) is 11.9. The first kappa shape index (κ1) is 17.9. The number of nitrogen functional groups attached to an aromatic ring is 1. The maximum Gasteiger partial charge on any atom is 0.254 e. The van der Waals surface area contributed by atoms with E-state index in [0.29, 0.717) is 42.6 Å². The first-order valence-corrected chi connectivity index (χ1v) is 9.37. The van der Waals surface area contributed by atoms with E-state index in [1.807, 2.05) is 18.2 Å². The van der Waals surface area contributed by atoms with Gasteiger partial charge in [-0.1, -0.05) is 0 Å². The molecule has 0 unspecified atom stereocenters. The van der Waals surface area contributed by atoms with Crippen molar-refractivity contribution >= 4 is 28.3 Å². The highest BCUT2D eigenvalue weighted by Gasteiger charge is 2.31. The largest absolute Gasteiger partial charge is 0.490 e. The molecule has 0 bridgehead atoms. The molecule has 29 heavy (non-hydrogen) atoms. The maximum absolute atomic E-state index is 13.2. The smallest absolute Gasteiger partial charge is 0.254 e. The summed E-state index contributed by atoms with van der Waals surface area (Å²) < 4.78 is 11.3. The molecule has 1 atom stereocenters. The summed E-state index contributed by atoms with van der Waals surface area (Å²) in [6.07, 6.45) is 0. The molecule has 3 aromatic rings. The molecule has 1 aromatic heterocycles. The lowest BCUT2D eigenvalue weighted by molar-refractivity contribution is -0.825. The predicted octanol–water partition coefficient (Wildman–Crippen LogP) is 1.64. The van der Waals surface area contributed by atoms with Crippen LogP contribution in [0.25, 0.3) is 10.9 Å². The molecule has 1 amide bonds. The van der Waals surface area contributed by atoms with E-state index in [9.17, 15) is 10.0 Å². The zero-order valence-electron chi connectivity index (χ0n) is 15.9. The second kappa shape index (κ2) is 6.70. The van der Waals surface area contributed by atoms with Gasteiger partial charge in [0.05, 0.1) is 24.8 Å². The van der Waals surface area contributed by atoms with Gasteiger partial charge in [-0.3, -0.25) is 4.79 Å². The van der Waals surface area contributed by atoms with E-state index in [-0.39, 0.29) is 11.9 Å². The van der Waals surface area contributed by atoms with Gasteiger partial charge < -0.3 is 20.1 Å². The van der Waals surface area contributed by atoms with Crippen LogP contribution in [0.15, 0.2) is 36.4 Å². The number of aromatic nitrogens is 1. The van der Waals surface area contributed by atoms with Gasteiger partial charge in [0.15, 0.2) is 5.69 Å². The van der Waals surface area contributed by atoms with E-state index in [1.54, 1.807) is 30.1 Å². The third-order valence-electron chi connectivity index (χ3n) is 5.71. The van der Waals surface area contributed by atoms with Crippen molar-refractivity contribution < 1.29 is 25.0 Å². The van der Waals surface area contributed by atoms with E-state index in [0.717, 1.165) is 33.1 Å². The summed E-state index contributed by atoms with van der Waals surface area (Å²) in [4.78, 5) is 19.4. The number of nitrogens with zero attached hydrogens (tertiary/aromatic N) is 2. The van der Waals surface area contributed by atoms with Crippen molar-refractivity contribution in [2.45, 2.75) is 19.3 Å². The number of carbonyl (C=O) groups excluding carboxylic acids is 1. The number of ether oxygens (including phenoxy) is 2. The van der Waals surface area contributed by atoms with Crippen molar-refractivity contribution in [1.29, 1.82) is 0 Å². The van der Waals surface area contributed by atoms with Gasteiger partial charge in [0.2, 0.25) is 0 Å². The summed E-state index contributed by atoms with van der Waals surface area (Å²) in [5, 5.41) is 10.1. The highest BCUT2D eigenvalue weighted by atomic mass is 16.5. The summed E-state index contributed by atoms with van der Waals surface area (Å²) >= 11 is 0. The normalized spacial score (nSPS) is 17.1. The third kappa shape index (κ3) is 2.80. The van der Waals surface area contributed by atoms with Crippen LogP contribution in [0.2, 0.25) is 0 Å². The molecule has 2 aromatic carbocycles. The summed E-state index contributed by atoms with van der Waals surface area (Å²) in [5.74, 6) is 1.07. The highest BCUT2D eigenvalue weighted by Crippen LogP contribution is 2.37. The van der Waals surface area contributed by atoms with Gasteiger partial charge in [-0.2, -0.15) is 5.48 Å². The van der Waals surface area contributed by atoms with Crippen molar-refractivity contribution in [3.63, 3.8) is 0 Å². The Morgan fingerprint density at radius 1 is 1.24 bits per heavy atom. The molecule has 0 saturated carbocycles. The van der Waals surface area contributed by atoms with Crippen LogP contribution >= 0.6 is 0 Å². The molecule has 148 valence electrons. The number of amides is 1. The van der Waals surface area contributed by atoms with E-state index in [1.165, 1.54) is 0 Å². The van der Waals surface area contributed by atoms with Crippen LogP contribution in [0.4, 0.5) is 11.5 Å². The quantitative estimate of drug-likeness (QED) is 0.460. The Bertz CT molecular complexity index is 1150. The number of carbonyl (C=O) groups is 1. The average molecular weight is 393 g/mol. The van der Waals surface area contributed by atoms with E-state index >= 15 is 0 Å². The predicted molar refractivity (Wildman–Crippen MR) is 105 cm³/mol. The van der Waals surface area contributed by atoms with Crippen LogP contribution in [-0.4, -0.2) is 34.7 Å². The molecular weight excluding hydrogens is 372 g/mol. The van der Waals surface area contributed by atoms with Gasteiger partial charge >= 0.3 is 0 Å². The van der Waals surface area contributed by atoms with Crippen molar-refractivity contribution in [3.8, 4) is 5.75 Å². The van der Waals surface area contributed by atoms with Crippen LogP contribution in [0.1, 0.15) is 33.1 Å². The molecule has 8 heteroatoms. The molecule has 8 nitrogen and oxygen atoms in total. The van der Waals surface area contributed by atoms with Crippen molar-refractivity contribution in [1.82, 2.24) is 9.88 Å². The molecular formula is C21H21N4O4+. The van der Waals surface area contributed by atoms with Gasteiger partial charge in [-0.05, 0) is 29.8 Å². The molecule has 0 fully saturated rings. The van der Waals surface area contributed by atoms with Gasteiger partial charge in [0, 0.05) is 41.3 Å². The third-order valence-corrected chi connectivity index (χ3v) is 5.71. The number of anilines is 1. The number of quaternary nitrogens is 1. The van der Waals surface area contributed by atoms with Gasteiger partial charge in [0.25, 0.3) is 5.91 Å². The Kier molecular flexibility index (Phi) is 4.13. The molecule has 2 aliphatic rings. The van der Waals surface area contributed by atoms with Crippen molar-refractivity contribution in [2.24, 2.45) is 0 Å². The fraction of sp³-hybridized carbons (Fsp3) is 0.238. The topological polar surface area (TPSA) is 115 Å². The average Bonchev–Trinajstić information content (AvgIpc) is 3.40. The van der Waals surface area contributed by atoms with Crippen LogP contribution < -0.4 is 16.0 Å². The second-order valence-electron chi connectivity index (χ2n) is 7.35. The molecule has 0 spiro atoms. The first-order chi connectivity index (χ1) is 14.1. The lowest BCUT2D eigenvalue weighted by Crippen LogP contribution is -2.73. The number of benzene rings is 2. The monoisotopic (exact) mass is 393 g/mol. The van der Waals surface area contributed by atoms with Crippen molar-refractivity contribution in [2.75, 3.05) is 19.4 Å². The number of fused-ring (bicyclic) bond motifs is 4. The maximum atomic E-state index is 13.2. The fourth-order valence-corrected chi connectivity index (χ4v) is 4.06. The molecule has 3 heterocycles. The highest BCUT2D eigenvalue weighted by molar-refractivity contribution is 5.99. The Morgan fingerprint density at radius 2 is 2.07 bits per heavy atom. The van der Waals surface area contributed by atoms with Crippen LogP contribution in [0.5, 0.6) is 5.75 Å². The second-order valence-corrected chi connectivity index (χ2v) is 7.35. The Labute approximate surface area is 166 Å². The number of hydrogen-bond acceptors (Lipinski definition) is 6. The Morgan fingerprint density at radius 3 is 2.90 bits per heavy atom. The summed E-state index contributed by atoms with van der Waals surface area (Å²) in [6, 6.07) is 10.7. The number of likely N-dealkylation sites (N-methyl/N-ethyl adjacent to an activating group) is 1. The standard InChI is InChI=1S/C21H20N4O4/c1-25(18-10-29-19-7-12(24-27)3-4-13(18)19)21(26)11-2-5-17-14(6-11)15-8-28-9-16(15)20(22)23-17/h2-7,18,24,27H,8-10H2,1H3,(H2,22,23)/p+1/t18-/m0/s1. The Balaban J connectivity index is 1.48. The van der Waals surface area contributed by atoms with Gasteiger partial charge in [-0.15, -0.1) is 0 Å². The fourth-order valence-electron chi connectivity index (χ4n) is 4.06. The number of rotatable bonds is 3. The van der Waals surface area contributed by atoms with Gasteiger partial charge in [0.1, 0.15) is 18.2 Å². The molecule has 2 aliphatic heterocycles. The molecule has 0 saturated heterocycles. The zero-order chi connectivity index (χ0) is 20.1. The zero-order valence-corrected chi connectivity index (χ0v) is 15.9. The van der Waals surface area contributed by atoms with Crippen LogP contribution in [-0.2, 0) is 18.0 Å². The van der Waals surface area contributed by atoms with Crippen molar-refractivity contribution in [3.05, 3.63) is 58.7 Å². The summed E-state index contributed by atoms with van der Waals surface area (Å²) in [7, 11) is 1.77. The lowest BCUT2D eigenvalue weighted by Gasteiger charge is -2.24. The van der Waals surface area contributed by atoms with Crippen LogP contribution in [0.3, 0.4) is 0 Å². The SMILES string of the molecule is CN(C(=O)c1ccc2nc(N)c3c(c2c1)COC3)[C@H]1COc2cc([NH2+]O)ccc21. The summed E-state index contributed by atoms with van der Waals surface area (Å²) in [6.45, 7) is 1.30. The number of hydrogen-bond donors (Lipinski definition) is 3.